The van der Waals surface area contributed by atoms with Crippen molar-refractivity contribution in [3.8, 4) is 11.4 Å². The van der Waals surface area contributed by atoms with Gasteiger partial charge in [0.05, 0.1) is 12.8 Å². The number of benzene rings is 1. The summed E-state index contributed by atoms with van der Waals surface area (Å²) >= 11 is 0. The van der Waals surface area contributed by atoms with Crippen molar-refractivity contribution in [2.45, 2.75) is 19.8 Å². The lowest BCUT2D eigenvalue weighted by atomic mass is 10.2. The largest absolute Gasteiger partial charge is 0.497 e. The number of primary amides is 1. The van der Waals surface area contributed by atoms with Crippen LogP contribution in [0.4, 0.5) is 0 Å². The summed E-state index contributed by atoms with van der Waals surface area (Å²) in [5.41, 5.74) is 6.12. The number of amides is 1. The Bertz CT molecular complexity index is 973. The number of carbonyl (C=O) groups is 1. The maximum Gasteiger partial charge on any atom is 0.332 e. The lowest BCUT2D eigenvalue weighted by Crippen LogP contribution is -2.16. The molecular formula is C16H17N5O3. The minimum Gasteiger partial charge on any atom is -0.497 e. The zero-order valence-corrected chi connectivity index (χ0v) is 13.4. The number of fused-ring (bicyclic) bond motifs is 1. The van der Waals surface area contributed by atoms with Crippen molar-refractivity contribution < 1.29 is 9.53 Å². The van der Waals surface area contributed by atoms with Crippen LogP contribution in [0.2, 0.25) is 0 Å². The third-order valence-electron chi connectivity index (χ3n) is 3.60. The number of nitrogens with one attached hydrogen (secondary N) is 1. The van der Waals surface area contributed by atoms with E-state index in [0.717, 1.165) is 6.42 Å². The van der Waals surface area contributed by atoms with E-state index in [1.54, 1.807) is 31.4 Å². The SMILES string of the molecule is CCCc1nc(C(N)=O)c2[nH]c(=O)n(-c3cccc(OC)c3)c2n1. The van der Waals surface area contributed by atoms with Gasteiger partial charge in [-0.05, 0) is 18.6 Å². The Morgan fingerprint density at radius 3 is 2.83 bits per heavy atom. The van der Waals surface area contributed by atoms with Crippen molar-refractivity contribution in [1.82, 2.24) is 19.5 Å². The average Bonchev–Trinajstić information content (AvgIpc) is 2.90. The van der Waals surface area contributed by atoms with Crippen LogP contribution in [0.3, 0.4) is 0 Å². The molecule has 0 spiro atoms. The predicted octanol–water partition coefficient (Wildman–Crippen LogP) is 1.17. The Hall–Kier alpha value is -3.16. The average molecular weight is 327 g/mol. The number of hydrogen-bond donors (Lipinski definition) is 2. The summed E-state index contributed by atoms with van der Waals surface area (Å²) in [4.78, 5) is 35.4. The molecule has 3 rings (SSSR count). The van der Waals surface area contributed by atoms with Crippen LogP contribution < -0.4 is 16.2 Å². The normalized spacial score (nSPS) is 10.9. The van der Waals surface area contributed by atoms with E-state index in [2.05, 4.69) is 15.0 Å². The molecule has 0 aliphatic carbocycles. The molecule has 8 heteroatoms. The summed E-state index contributed by atoms with van der Waals surface area (Å²) in [5, 5.41) is 0. The molecule has 3 N–H and O–H groups in total. The monoisotopic (exact) mass is 327 g/mol. The zero-order chi connectivity index (χ0) is 17.3. The molecular weight excluding hydrogens is 310 g/mol. The molecule has 0 aliphatic rings. The summed E-state index contributed by atoms with van der Waals surface area (Å²) in [6.07, 6.45) is 1.38. The molecule has 2 heterocycles. The third kappa shape index (κ3) is 2.62. The van der Waals surface area contributed by atoms with Crippen LogP contribution in [-0.4, -0.2) is 32.5 Å². The number of nitrogens with two attached hydrogens (primary N) is 1. The molecule has 0 unspecified atom stereocenters. The number of nitrogens with zero attached hydrogens (tertiary/aromatic N) is 3. The molecule has 24 heavy (non-hydrogen) atoms. The van der Waals surface area contributed by atoms with E-state index in [1.165, 1.54) is 4.57 Å². The number of methoxy groups -OCH3 is 1. The molecule has 1 amide bonds. The summed E-state index contributed by atoms with van der Waals surface area (Å²) < 4.78 is 6.58. The van der Waals surface area contributed by atoms with Gasteiger partial charge in [0, 0.05) is 12.5 Å². The number of aryl methyl sites for hydroxylation is 1. The molecule has 1 aromatic carbocycles. The standard InChI is InChI=1S/C16H17N5O3/c1-3-5-11-18-12(14(17)22)13-15(19-11)21(16(23)20-13)9-6-4-7-10(8-9)24-2/h4,6-8H,3,5H2,1-2H3,(H2,17,22)(H,20,23). The quantitative estimate of drug-likeness (QED) is 0.729. The number of ether oxygens (including phenoxy) is 1. The van der Waals surface area contributed by atoms with E-state index in [0.29, 0.717) is 29.3 Å². The molecule has 0 saturated carbocycles. The molecule has 0 saturated heterocycles. The van der Waals surface area contributed by atoms with Gasteiger partial charge in [-0.25, -0.2) is 19.3 Å². The van der Waals surface area contributed by atoms with E-state index in [-0.39, 0.29) is 11.2 Å². The second kappa shape index (κ2) is 6.15. The topological polar surface area (TPSA) is 116 Å². The molecule has 0 atom stereocenters. The number of rotatable bonds is 5. The van der Waals surface area contributed by atoms with E-state index >= 15 is 0 Å². The minimum atomic E-state index is -0.709. The van der Waals surface area contributed by atoms with Crippen LogP contribution >= 0.6 is 0 Å². The van der Waals surface area contributed by atoms with Gasteiger partial charge in [-0.1, -0.05) is 13.0 Å². The molecule has 0 fully saturated rings. The van der Waals surface area contributed by atoms with Crippen molar-refractivity contribution >= 4 is 17.1 Å². The Balaban J connectivity index is 2.33. The maximum atomic E-state index is 12.4. The van der Waals surface area contributed by atoms with Crippen LogP contribution in [0.1, 0.15) is 29.7 Å². The second-order valence-electron chi connectivity index (χ2n) is 5.27. The lowest BCUT2D eigenvalue weighted by molar-refractivity contribution is 0.0996. The van der Waals surface area contributed by atoms with E-state index in [1.807, 2.05) is 6.92 Å². The number of hydrogen-bond acceptors (Lipinski definition) is 5. The highest BCUT2D eigenvalue weighted by molar-refractivity contribution is 6.01. The van der Waals surface area contributed by atoms with Gasteiger partial charge in [-0.15, -0.1) is 0 Å². The van der Waals surface area contributed by atoms with Gasteiger partial charge in [0.25, 0.3) is 5.91 Å². The molecule has 3 aromatic rings. The third-order valence-corrected chi connectivity index (χ3v) is 3.60. The Morgan fingerprint density at radius 1 is 1.38 bits per heavy atom. The van der Waals surface area contributed by atoms with Crippen LogP contribution in [-0.2, 0) is 6.42 Å². The van der Waals surface area contributed by atoms with Gasteiger partial charge >= 0.3 is 5.69 Å². The van der Waals surface area contributed by atoms with Gasteiger partial charge in [0.2, 0.25) is 0 Å². The predicted molar refractivity (Wildman–Crippen MR) is 88.6 cm³/mol. The molecule has 0 radical (unpaired) electrons. The fraction of sp³-hybridized carbons (Fsp3) is 0.250. The minimum absolute atomic E-state index is 0.0159. The lowest BCUT2D eigenvalue weighted by Gasteiger charge is -2.07. The highest BCUT2D eigenvalue weighted by atomic mass is 16.5. The van der Waals surface area contributed by atoms with Crippen molar-refractivity contribution in [3.63, 3.8) is 0 Å². The summed E-state index contributed by atoms with van der Waals surface area (Å²) in [6, 6.07) is 7.00. The van der Waals surface area contributed by atoms with E-state index in [9.17, 15) is 9.59 Å². The number of imidazole rings is 1. The molecule has 124 valence electrons. The number of aromatic nitrogens is 4. The Labute approximate surface area is 137 Å². The number of aromatic amines is 1. The highest BCUT2D eigenvalue weighted by Gasteiger charge is 2.19. The van der Waals surface area contributed by atoms with Crippen molar-refractivity contribution in [3.05, 3.63) is 46.3 Å². The van der Waals surface area contributed by atoms with Crippen molar-refractivity contribution in [2.24, 2.45) is 5.73 Å². The van der Waals surface area contributed by atoms with Crippen LogP contribution in [0.25, 0.3) is 16.9 Å². The molecule has 2 aromatic heterocycles. The smallest absolute Gasteiger partial charge is 0.332 e. The van der Waals surface area contributed by atoms with Gasteiger partial charge in [-0.2, -0.15) is 0 Å². The first-order valence-corrected chi connectivity index (χ1v) is 7.51. The Kier molecular flexibility index (Phi) is 4.03. The fourth-order valence-corrected chi connectivity index (χ4v) is 2.53. The van der Waals surface area contributed by atoms with Crippen molar-refractivity contribution in [2.75, 3.05) is 7.11 Å². The highest BCUT2D eigenvalue weighted by Crippen LogP contribution is 2.20. The summed E-state index contributed by atoms with van der Waals surface area (Å²) in [6.45, 7) is 1.98. The van der Waals surface area contributed by atoms with Crippen LogP contribution in [0.5, 0.6) is 5.75 Å². The molecule has 0 aliphatic heterocycles. The summed E-state index contributed by atoms with van der Waals surface area (Å²) in [5.74, 6) is 0.361. The van der Waals surface area contributed by atoms with Crippen LogP contribution in [0.15, 0.2) is 29.1 Å². The first kappa shape index (κ1) is 15.7. The number of carbonyl (C=O) groups excluding carboxylic acids is 1. The number of H-pyrrole nitrogens is 1. The zero-order valence-electron chi connectivity index (χ0n) is 13.4. The van der Waals surface area contributed by atoms with Gasteiger partial charge in [0.15, 0.2) is 11.3 Å². The Morgan fingerprint density at radius 2 is 2.17 bits per heavy atom. The first-order chi connectivity index (χ1) is 11.5. The molecule has 0 bridgehead atoms. The maximum absolute atomic E-state index is 12.4. The molecule has 8 nitrogen and oxygen atoms in total. The second-order valence-corrected chi connectivity index (χ2v) is 5.27. The summed E-state index contributed by atoms with van der Waals surface area (Å²) in [7, 11) is 1.55. The van der Waals surface area contributed by atoms with Crippen molar-refractivity contribution in [1.29, 1.82) is 0 Å². The van der Waals surface area contributed by atoms with Gasteiger partial charge < -0.3 is 15.5 Å². The van der Waals surface area contributed by atoms with Gasteiger partial charge in [-0.3, -0.25) is 4.79 Å². The fourth-order valence-electron chi connectivity index (χ4n) is 2.53. The van der Waals surface area contributed by atoms with E-state index < -0.39 is 11.6 Å². The first-order valence-electron chi connectivity index (χ1n) is 7.51. The van der Waals surface area contributed by atoms with E-state index in [4.69, 9.17) is 10.5 Å². The van der Waals surface area contributed by atoms with Gasteiger partial charge in [0.1, 0.15) is 17.1 Å². The van der Waals surface area contributed by atoms with Crippen LogP contribution in [0, 0.1) is 0 Å².